The Balaban J connectivity index is 0.000000445. The maximum atomic E-state index is 11.9. The van der Waals surface area contributed by atoms with Crippen LogP contribution in [-0.4, -0.2) is 58.6 Å². The number of alkyl halides is 3. The number of hydrogen-bond donors (Lipinski definition) is 4. The highest BCUT2D eigenvalue weighted by atomic mass is 35.5. The molecule has 1 aromatic heterocycles. The number of nitrogens with two attached hydrogens (primary N) is 2. The summed E-state index contributed by atoms with van der Waals surface area (Å²) in [7, 11) is 0. The van der Waals surface area contributed by atoms with Crippen LogP contribution in [0.25, 0.3) is 0 Å². The van der Waals surface area contributed by atoms with Gasteiger partial charge in [-0.3, -0.25) is 9.59 Å². The van der Waals surface area contributed by atoms with Gasteiger partial charge in [-0.15, -0.1) is 0 Å². The van der Waals surface area contributed by atoms with E-state index in [2.05, 4.69) is 10.3 Å². The Bertz CT molecular complexity index is 716. The number of carboxylic acid groups (broad SMARTS) is 1. The normalized spacial score (nSPS) is 16.5. The van der Waals surface area contributed by atoms with Crippen LogP contribution in [0.4, 0.5) is 24.7 Å². The van der Waals surface area contributed by atoms with E-state index in [4.69, 9.17) is 33.0 Å². The topological polar surface area (TPSA) is 152 Å². The molecular formula is C14H17ClF3N5O4. The standard InChI is InChI=1S/C12H16ClN5O2.C2HF3O2/c13-9-8(1-3-17-10(9)14)16-4-6-18-5-2-7(11(15)19)12(18)20;3-2(4,5)1(6)7/h1,3,7H,2,4-6H2,(H2,15,19)(H3,14,16,17);(H,6,7). The van der Waals surface area contributed by atoms with E-state index in [0.29, 0.717) is 36.8 Å². The summed E-state index contributed by atoms with van der Waals surface area (Å²) in [6.07, 6.45) is -3.05. The number of likely N-dealkylation sites (tertiary alicyclic amines) is 1. The summed E-state index contributed by atoms with van der Waals surface area (Å²) in [6, 6.07) is 1.71. The van der Waals surface area contributed by atoms with Crippen molar-refractivity contribution in [1.29, 1.82) is 0 Å². The lowest BCUT2D eigenvalue weighted by atomic mass is 10.1. The van der Waals surface area contributed by atoms with Crippen molar-refractivity contribution >= 4 is 40.9 Å². The zero-order chi connectivity index (χ0) is 20.8. The lowest BCUT2D eigenvalue weighted by Gasteiger charge is -2.17. The fraction of sp³-hybridized carbons (Fsp3) is 0.429. The Morgan fingerprint density at radius 3 is 2.52 bits per heavy atom. The molecule has 1 saturated heterocycles. The van der Waals surface area contributed by atoms with Crippen molar-refractivity contribution in [2.24, 2.45) is 11.7 Å². The third-order valence-corrected chi connectivity index (χ3v) is 3.89. The number of primary amides is 1. The SMILES string of the molecule is NC(=O)C1CCN(CCNc2ccnc(N)c2Cl)C1=O.O=C(O)C(F)(F)F. The Morgan fingerprint density at radius 2 is 2.04 bits per heavy atom. The number of carbonyl (C=O) groups excluding carboxylic acids is 2. The van der Waals surface area contributed by atoms with Crippen LogP contribution < -0.4 is 16.8 Å². The monoisotopic (exact) mass is 411 g/mol. The molecule has 1 fully saturated rings. The van der Waals surface area contributed by atoms with E-state index in [1.54, 1.807) is 17.2 Å². The van der Waals surface area contributed by atoms with Crippen LogP contribution in [-0.2, 0) is 14.4 Å². The van der Waals surface area contributed by atoms with Gasteiger partial charge in [-0.05, 0) is 12.5 Å². The van der Waals surface area contributed by atoms with Gasteiger partial charge in [-0.2, -0.15) is 13.2 Å². The first kappa shape index (κ1) is 22.3. The lowest BCUT2D eigenvalue weighted by Crippen LogP contribution is -2.35. The maximum Gasteiger partial charge on any atom is 0.490 e. The molecule has 1 aliphatic heterocycles. The first-order valence-electron chi connectivity index (χ1n) is 7.47. The van der Waals surface area contributed by atoms with Crippen molar-refractivity contribution in [3.8, 4) is 0 Å². The third-order valence-electron chi connectivity index (χ3n) is 3.50. The molecule has 6 N–H and O–H groups in total. The fourth-order valence-corrected chi connectivity index (χ4v) is 2.33. The Labute approximate surface area is 156 Å². The molecule has 1 aromatic rings. The van der Waals surface area contributed by atoms with Gasteiger partial charge in [0.1, 0.15) is 16.8 Å². The van der Waals surface area contributed by atoms with Crippen molar-refractivity contribution in [3.05, 3.63) is 17.3 Å². The van der Waals surface area contributed by atoms with Crippen molar-refractivity contribution < 1.29 is 32.7 Å². The molecule has 0 bridgehead atoms. The second-order valence-corrected chi connectivity index (χ2v) is 5.73. The molecule has 1 unspecified atom stereocenters. The van der Waals surface area contributed by atoms with Crippen LogP contribution in [0, 0.1) is 5.92 Å². The van der Waals surface area contributed by atoms with Gasteiger partial charge in [0.15, 0.2) is 0 Å². The lowest BCUT2D eigenvalue weighted by molar-refractivity contribution is -0.192. The average Bonchev–Trinajstić information content (AvgIpc) is 2.92. The number of pyridine rings is 1. The van der Waals surface area contributed by atoms with E-state index in [1.807, 2.05) is 0 Å². The van der Waals surface area contributed by atoms with E-state index < -0.39 is 24.0 Å². The van der Waals surface area contributed by atoms with Crippen LogP contribution in [0.3, 0.4) is 0 Å². The molecule has 0 aromatic carbocycles. The first-order valence-corrected chi connectivity index (χ1v) is 7.85. The van der Waals surface area contributed by atoms with E-state index >= 15 is 0 Å². The molecule has 0 radical (unpaired) electrons. The minimum absolute atomic E-state index is 0.209. The fourth-order valence-electron chi connectivity index (χ4n) is 2.15. The second kappa shape index (κ2) is 9.26. The predicted molar refractivity (Wildman–Crippen MR) is 89.7 cm³/mol. The number of nitrogens with zero attached hydrogens (tertiary/aromatic N) is 2. The molecular weight excluding hydrogens is 395 g/mol. The maximum absolute atomic E-state index is 11.9. The summed E-state index contributed by atoms with van der Waals surface area (Å²) < 4.78 is 31.7. The molecule has 0 spiro atoms. The summed E-state index contributed by atoms with van der Waals surface area (Å²) in [4.78, 5) is 37.3. The van der Waals surface area contributed by atoms with Gasteiger partial charge >= 0.3 is 12.1 Å². The predicted octanol–water partition coefficient (Wildman–Crippen LogP) is 0.696. The molecule has 9 nitrogen and oxygen atoms in total. The van der Waals surface area contributed by atoms with Gasteiger partial charge in [-0.25, -0.2) is 9.78 Å². The van der Waals surface area contributed by atoms with Crippen LogP contribution in [0.2, 0.25) is 5.02 Å². The molecule has 2 amide bonds. The number of nitrogens with one attached hydrogen (secondary N) is 1. The number of amides is 2. The summed E-state index contributed by atoms with van der Waals surface area (Å²) in [6.45, 7) is 1.52. The molecule has 0 saturated carbocycles. The number of rotatable bonds is 5. The Kier molecular flexibility index (Phi) is 7.64. The molecule has 2 heterocycles. The highest BCUT2D eigenvalue weighted by molar-refractivity contribution is 6.35. The van der Waals surface area contributed by atoms with E-state index in [-0.39, 0.29) is 11.7 Å². The van der Waals surface area contributed by atoms with Crippen LogP contribution in [0.1, 0.15) is 6.42 Å². The van der Waals surface area contributed by atoms with Crippen LogP contribution in [0.15, 0.2) is 12.3 Å². The molecule has 0 aliphatic carbocycles. The molecule has 2 rings (SSSR count). The first-order chi connectivity index (χ1) is 12.4. The van der Waals surface area contributed by atoms with E-state index in [0.717, 1.165) is 0 Å². The van der Waals surface area contributed by atoms with Crippen molar-refractivity contribution in [2.75, 3.05) is 30.7 Å². The van der Waals surface area contributed by atoms with Gasteiger partial charge in [0.2, 0.25) is 11.8 Å². The number of hydrogen-bond acceptors (Lipinski definition) is 6. The van der Waals surface area contributed by atoms with Crippen molar-refractivity contribution in [2.45, 2.75) is 12.6 Å². The molecule has 27 heavy (non-hydrogen) atoms. The van der Waals surface area contributed by atoms with Gasteiger partial charge in [0, 0.05) is 25.8 Å². The molecule has 1 atom stereocenters. The highest BCUT2D eigenvalue weighted by Gasteiger charge is 2.38. The number of halogens is 4. The largest absolute Gasteiger partial charge is 0.490 e. The zero-order valence-corrected chi connectivity index (χ0v) is 14.5. The summed E-state index contributed by atoms with van der Waals surface area (Å²) in [5, 5.41) is 10.6. The number of carboxylic acids is 1. The number of aromatic nitrogens is 1. The molecule has 1 aliphatic rings. The van der Waals surface area contributed by atoms with Gasteiger partial charge in [0.25, 0.3) is 0 Å². The molecule has 150 valence electrons. The van der Waals surface area contributed by atoms with Gasteiger partial charge in [-0.1, -0.05) is 11.6 Å². The summed E-state index contributed by atoms with van der Waals surface area (Å²) in [5.41, 5.74) is 11.4. The van der Waals surface area contributed by atoms with E-state index in [1.165, 1.54) is 0 Å². The van der Waals surface area contributed by atoms with Crippen LogP contribution in [0.5, 0.6) is 0 Å². The van der Waals surface area contributed by atoms with E-state index in [9.17, 15) is 22.8 Å². The van der Waals surface area contributed by atoms with Gasteiger partial charge < -0.3 is 26.8 Å². The van der Waals surface area contributed by atoms with Gasteiger partial charge in [0.05, 0.1) is 5.69 Å². The third kappa shape index (κ3) is 6.47. The second-order valence-electron chi connectivity index (χ2n) is 5.36. The average molecular weight is 412 g/mol. The quantitative estimate of drug-likeness (QED) is 0.520. The summed E-state index contributed by atoms with van der Waals surface area (Å²) in [5.74, 6) is -3.96. The summed E-state index contributed by atoms with van der Waals surface area (Å²) >= 11 is 5.99. The smallest absolute Gasteiger partial charge is 0.475 e. The Morgan fingerprint density at radius 1 is 1.44 bits per heavy atom. The van der Waals surface area contributed by atoms with Crippen molar-refractivity contribution in [1.82, 2.24) is 9.88 Å². The van der Waals surface area contributed by atoms with Crippen LogP contribution >= 0.6 is 11.6 Å². The zero-order valence-electron chi connectivity index (χ0n) is 13.8. The molecule has 13 heteroatoms. The number of aliphatic carboxylic acids is 1. The number of carbonyl (C=O) groups is 3. The minimum atomic E-state index is -5.08. The minimum Gasteiger partial charge on any atom is -0.475 e. The highest BCUT2D eigenvalue weighted by Crippen LogP contribution is 2.25. The van der Waals surface area contributed by atoms with Crippen molar-refractivity contribution in [3.63, 3.8) is 0 Å². The Hall–Kier alpha value is -2.76. The number of anilines is 2. The number of nitrogen functional groups attached to an aromatic ring is 1.